The van der Waals surface area contributed by atoms with Gasteiger partial charge in [-0.3, -0.25) is 0 Å². The molecule has 1 heterocycles. The zero-order chi connectivity index (χ0) is 20.9. The Labute approximate surface area is 187 Å². The predicted molar refractivity (Wildman–Crippen MR) is 121 cm³/mol. The number of aliphatic hydroxyl groups is 1. The fourth-order valence-corrected chi connectivity index (χ4v) is 4.33. The van der Waals surface area contributed by atoms with Gasteiger partial charge in [0.2, 0.25) is 0 Å². The number of rotatable bonds is 7. The monoisotopic (exact) mass is 442 g/mol. The van der Waals surface area contributed by atoms with Gasteiger partial charge in [-0.05, 0) is 41.0 Å². The molecule has 4 rings (SSSR count). The second-order valence-corrected chi connectivity index (χ2v) is 8.74. The third-order valence-corrected chi connectivity index (χ3v) is 6.14. The van der Waals surface area contributed by atoms with Gasteiger partial charge < -0.3 is 14.7 Å². The van der Waals surface area contributed by atoms with E-state index in [4.69, 9.17) is 27.9 Å². The molecule has 156 valence electrons. The molecule has 3 aromatic carbocycles. The maximum Gasteiger partial charge on any atom is 0.126 e. The summed E-state index contributed by atoms with van der Waals surface area (Å²) in [5, 5.41) is 12.1. The zero-order valence-corrected chi connectivity index (χ0v) is 18.2. The Hall–Kier alpha value is -1.88. The van der Waals surface area contributed by atoms with Crippen LogP contribution in [0.2, 0.25) is 10.0 Å². The van der Waals surface area contributed by atoms with E-state index in [1.54, 1.807) is 0 Å². The van der Waals surface area contributed by atoms with Gasteiger partial charge in [0, 0.05) is 22.0 Å². The van der Waals surface area contributed by atoms with Crippen LogP contribution < -0.4 is 4.90 Å². The lowest BCUT2D eigenvalue weighted by Gasteiger charge is -2.28. The lowest BCUT2D eigenvalue weighted by Crippen LogP contribution is -3.12. The molecule has 5 heteroatoms. The number of ether oxygens (including phenoxy) is 1. The highest BCUT2D eigenvalue weighted by molar-refractivity contribution is 6.30. The Kier molecular flexibility index (Phi) is 7.08. The van der Waals surface area contributed by atoms with Crippen molar-refractivity contribution in [3.8, 4) is 0 Å². The Bertz CT molecular complexity index is 914. The van der Waals surface area contributed by atoms with E-state index in [-0.39, 0.29) is 12.7 Å². The zero-order valence-electron chi connectivity index (χ0n) is 16.7. The lowest BCUT2D eigenvalue weighted by molar-refractivity contribution is -0.919. The smallest absolute Gasteiger partial charge is 0.126 e. The van der Waals surface area contributed by atoms with E-state index in [0.717, 1.165) is 30.6 Å². The summed E-state index contributed by atoms with van der Waals surface area (Å²) in [6.07, 6.45) is 0.232. The van der Waals surface area contributed by atoms with E-state index in [2.05, 4.69) is 24.3 Å². The third kappa shape index (κ3) is 5.42. The van der Waals surface area contributed by atoms with Gasteiger partial charge in [-0.15, -0.1) is 0 Å². The van der Waals surface area contributed by atoms with E-state index in [0.29, 0.717) is 16.6 Å². The molecule has 1 unspecified atom stereocenters. The molecule has 30 heavy (non-hydrogen) atoms. The Morgan fingerprint density at radius 3 is 2.00 bits per heavy atom. The van der Waals surface area contributed by atoms with Crippen molar-refractivity contribution in [1.82, 2.24) is 0 Å². The number of hydrogen-bond donors (Lipinski definition) is 2. The molecule has 0 aliphatic carbocycles. The number of nitrogens with one attached hydrogen (secondary N) is 1. The molecule has 0 aromatic heterocycles. The standard InChI is InChI=1S/C25H25Cl2NO2/c26-22-9-5-19(6-10-22)25(20-7-11-23(27)12-8-20)30-17-24(29)16-28-14-13-18-3-1-2-4-21(18)15-28/h1-12,24-25,29H,13-17H2/p+1/t24-/m0/s1. The first-order chi connectivity index (χ1) is 14.6. The van der Waals surface area contributed by atoms with Gasteiger partial charge in [0.1, 0.15) is 25.3 Å². The average molecular weight is 443 g/mol. The lowest BCUT2D eigenvalue weighted by atomic mass is 10.00. The van der Waals surface area contributed by atoms with Crippen LogP contribution in [0.25, 0.3) is 0 Å². The molecule has 0 saturated carbocycles. The summed E-state index contributed by atoms with van der Waals surface area (Å²) in [6, 6.07) is 23.8. The van der Waals surface area contributed by atoms with Crippen molar-refractivity contribution < 1.29 is 14.7 Å². The second-order valence-electron chi connectivity index (χ2n) is 7.87. The van der Waals surface area contributed by atoms with Crippen molar-refractivity contribution in [2.24, 2.45) is 0 Å². The molecule has 0 saturated heterocycles. The fourth-order valence-electron chi connectivity index (χ4n) is 4.08. The number of hydrogen-bond acceptors (Lipinski definition) is 2. The highest BCUT2D eigenvalue weighted by Crippen LogP contribution is 2.28. The molecule has 0 bridgehead atoms. The third-order valence-electron chi connectivity index (χ3n) is 5.63. The highest BCUT2D eigenvalue weighted by Gasteiger charge is 2.23. The number of fused-ring (bicyclic) bond motifs is 1. The highest BCUT2D eigenvalue weighted by atomic mass is 35.5. The van der Waals surface area contributed by atoms with Crippen molar-refractivity contribution in [3.63, 3.8) is 0 Å². The number of benzene rings is 3. The van der Waals surface area contributed by atoms with Crippen LogP contribution in [0.1, 0.15) is 28.4 Å². The Balaban J connectivity index is 1.40. The van der Waals surface area contributed by atoms with Crippen LogP contribution in [0, 0.1) is 0 Å². The van der Waals surface area contributed by atoms with Crippen molar-refractivity contribution in [2.45, 2.75) is 25.2 Å². The van der Waals surface area contributed by atoms with Crippen molar-refractivity contribution in [1.29, 1.82) is 0 Å². The molecule has 0 fully saturated rings. The van der Waals surface area contributed by atoms with E-state index in [1.807, 2.05) is 48.5 Å². The minimum Gasteiger partial charge on any atom is -0.385 e. The van der Waals surface area contributed by atoms with Crippen LogP contribution in [-0.4, -0.2) is 30.9 Å². The summed E-state index contributed by atoms with van der Waals surface area (Å²) >= 11 is 12.1. The normalized spacial score (nSPS) is 17.0. The molecule has 0 amide bonds. The van der Waals surface area contributed by atoms with E-state index >= 15 is 0 Å². The molecule has 2 atom stereocenters. The first-order valence-corrected chi connectivity index (χ1v) is 11.0. The van der Waals surface area contributed by atoms with Crippen LogP contribution in [0.4, 0.5) is 0 Å². The van der Waals surface area contributed by atoms with Crippen LogP contribution in [0.3, 0.4) is 0 Å². The summed E-state index contributed by atoms with van der Waals surface area (Å²) in [5.41, 5.74) is 4.80. The molecule has 3 aromatic rings. The molecule has 2 N–H and O–H groups in total. The molecule has 1 aliphatic heterocycles. The molecule has 0 radical (unpaired) electrons. The van der Waals surface area contributed by atoms with Crippen molar-refractivity contribution in [2.75, 3.05) is 19.7 Å². The van der Waals surface area contributed by atoms with Gasteiger partial charge in [-0.25, -0.2) is 0 Å². The second kappa shape index (κ2) is 9.95. The average Bonchev–Trinajstić information content (AvgIpc) is 2.76. The first-order valence-electron chi connectivity index (χ1n) is 10.3. The largest absolute Gasteiger partial charge is 0.385 e. The first kappa shape index (κ1) is 21.4. The van der Waals surface area contributed by atoms with Crippen LogP contribution in [-0.2, 0) is 17.7 Å². The SMILES string of the molecule is O[C@H](COC(c1ccc(Cl)cc1)c1ccc(Cl)cc1)C[NH+]1CCc2ccccc2C1. The van der Waals surface area contributed by atoms with Crippen molar-refractivity contribution in [3.05, 3.63) is 105 Å². The Morgan fingerprint density at radius 2 is 1.40 bits per heavy atom. The fraction of sp³-hybridized carbons (Fsp3) is 0.280. The number of aliphatic hydroxyl groups excluding tert-OH is 1. The van der Waals surface area contributed by atoms with E-state index in [1.165, 1.54) is 16.0 Å². The molecule has 0 spiro atoms. The van der Waals surface area contributed by atoms with Gasteiger partial charge >= 0.3 is 0 Å². The number of quaternary nitrogens is 1. The number of halogens is 2. The summed E-state index contributed by atoms with van der Waals surface area (Å²) in [5.74, 6) is 0. The molecule has 1 aliphatic rings. The predicted octanol–water partition coefficient (Wildman–Crippen LogP) is 4.10. The topological polar surface area (TPSA) is 33.9 Å². The summed E-state index contributed by atoms with van der Waals surface area (Å²) in [7, 11) is 0. The van der Waals surface area contributed by atoms with E-state index < -0.39 is 6.10 Å². The maximum atomic E-state index is 10.7. The van der Waals surface area contributed by atoms with Crippen LogP contribution in [0.5, 0.6) is 0 Å². The molecular weight excluding hydrogens is 417 g/mol. The minimum atomic E-state index is -0.535. The van der Waals surface area contributed by atoms with Gasteiger partial charge in [0.05, 0.1) is 13.2 Å². The minimum absolute atomic E-state index is 0.265. The van der Waals surface area contributed by atoms with Gasteiger partial charge in [0.15, 0.2) is 0 Å². The summed E-state index contributed by atoms with van der Waals surface area (Å²) < 4.78 is 6.22. The maximum absolute atomic E-state index is 10.7. The van der Waals surface area contributed by atoms with E-state index in [9.17, 15) is 5.11 Å². The Morgan fingerprint density at radius 1 is 0.833 bits per heavy atom. The van der Waals surface area contributed by atoms with Gasteiger partial charge in [-0.2, -0.15) is 0 Å². The van der Waals surface area contributed by atoms with Gasteiger partial charge in [0.25, 0.3) is 0 Å². The molecular formula is C25H26Cl2NO2+. The van der Waals surface area contributed by atoms with Gasteiger partial charge in [-0.1, -0.05) is 71.7 Å². The quantitative estimate of drug-likeness (QED) is 0.577. The van der Waals surface area contributed by atoms with Crippen LogP contribution >= 0.6 is 23.2 Å². The molecule has 3 nitrogen and oxygen atoms in total. The summed E-state index contributed by atoms with van der Waals surface area (Å²) in [6.45, 7) is 2.92. The summed E-state index contributed by atoms with van der Waals surface area (Å²) in [4.78, 5) is 1.39. The van der Waals surface area contributed by atoms with Crippen LogP contribution in [0.15, 0.2) is 72.8 Å². The van der Waals surface area contributed by atoms with Crippen molar-refractivity contribution >= 4 is 23.2 Å².